The highest BCUT2D eigenvalue weighted by Crippen LogP contribution is 2.12. The zero-order valence-corrected chi connectivity index (χ0v) is 20.7. The van der Waals surface area contributed by atoms with E-state index in [1.54, 1.807) is 47.6 Å². The lowest BCUT2D eigenvalue weighted by Crippen LogP contribution is -2.44. The zero-order chi connectivity index (χ0) is 24.8. The number of carbonyl (C=O) groups is 5. The Hall–Kier alpha value is -2.31. The third-order valence-corrected chi connectivity index (χ3v) is 5.27. The lowest BCUT2D eigenvalue weighted by Gasteiger charge is -2.22. The van der Waals surface area contributed by atoms with Gasteiger partial charge in [-0.3, -0.25) is 24.0 Å². The molecule has 0 aromatic rings. The molecule has 0 spiro atoms. The first-order valence-corrected chi connectivity index (χ1v) is 11.7. The van der Waals surface area contributed by atoms with E-state index in [0.717, 1.165) is 0 Å². The fourth-order valence-corrected chi connectivity index (χ4v) is 3.07. The number of ketones is 3. The number of unbranched alkanes of at least 4 members (excludes halogenated alkanes) is 1. The molecule has 0 fully saturated rings. The van der Waals surface area contributed by atoms with Gasteiger partial charge in [-0.1, -0.05) is 47.6 Å². The number of carbonyl (C=O) groups excluding carboxylic acids is 5. The summed E-state index contributed by atoms with van der Waals surface area (Å²) in [5, 5.41) is 5.54. The monoisotopic (exact) mass is 450 g/mol. The first kappa shape index (κ1) is 29.7. The van der Waals surface area contributed by atoms with Crippen LogP contribution in [0.1, 0.15) is 86.5 Å². The van der Waals surface area contributed by atoms with E-state index in [1.807, 2.05) is 0 Å². The van der Waals surface area contributed by atoms with Gasteiger partial charge in [0.1, 0.15) is 11.6 Å². The lowest BCUT2D eigenvalue weighted by molar-refractivity contribution is -0.130. The third kappa shape index (κ3) is 12.5. The van der Waals surface area contributed by atoms with Gasteiger partial charge >= 0.3 is 0 Å². The van der Waals surface area contributed by atoms with Gasteiger partial charge in [0.15, 0.2) is 5.78 Å². The smallest absolute Gasteiger partial charge is 0.220 e. The minimum atomic E-state index is -0.745. The highest BCUT2D eigenvalue weighted by molar-refractivity contribution is 5.91. The molecule has 7 heteroatoms. The fraction of sp³-hybridized carbons (Fsp3) is 0.720. The zero-order valence-electron chi connectivity index (χ0n) is 20.7. The number of rotatable bonds is 17. The van der Waals surface area contributed by atoms with E-state index >= 15 is 0 Å². The lowest BCUT2D eigenvalue weighted by atomic mass is 9.94. The maximum Gasteiger partial charge on any atom is 0.220 e. The van der Waals surface area contributed by atoms with Crippen molar-refractivity contribution in [2.24, 2.45) is 17.8 Å². The van der Waals surface area contributed by atoms with Gasteiger partial charge < -0.3 is 10.6 Å². The summed E-state index contributed by atoms with van der Waals surface area (Å²) >= 11 is 0. The molecule has 1 unspecified atom stereocenters. The third-order valence-electron chi connectivity index (χ3n) is 5.27. The fourth-order valence-electron chi connectivity index (χ4n) is 3.07. The van der Waals surface area contributed by atoms with Crippen molar-refractivity contribution in [3.8, 4) is 0 Å². The molecule has 0 heterocycles. The summed E-state index contributed by atoms with van der Waals surface area (Å²) in [6.45, 7) is 14.3. The second-order valence-electron chi connectivity index (χ2n) is 9.31. The summed E-state index contributed by atoms with van der Waals surface area (Å²) in [6.07, 6.45) is 3.75. The summed E-state index contributed by atoms with van der Waals surface area (Å²) < 4.78 is 0. The van der Waals surface area contributed by atoms with Gasteiger partial charge in [0, 0.05) is 49.5 Å². The van der Waals surface area contributed by atoms with Gasteiger partial charge in [0.2, 0.25) is 11.8 Å². The number of hydrogen-bond donors (Lipinski definition) is 2. The predicted octanol–water partition coefficient (Wildman–Crippen LogP) is 3.55. The molecular formula is C25H42N2O5. The van der Waals surface area contributed by atoms with Crippen LogP contribution in [-0.4, -0.2) is 41.2 Å². The van der Waals surface area contributed by atoms with E-state index in [1.165, 1.54) is 0 Å². The number of amides is 2. The van der Waals surface area contributed by atoms with Gasteiger partial charge in [-0.05, 0) is 19.3 Å². The Bertz CT molecular complexity index is 645. The molecule has 0 aromatic heterocycles. The van der Waals surface area contributed by atoms with Gasteiger partial charge in [0.25, 0.3) is 0 Å². The molecule has 182 valence electrons. The summed E-state index contributed by atoms with van der Waals surface area (Å²) in [6, 6.07) is -1.31. The molecule has 0 radical (unpaired) electrons. The molecule has 0 aliphatic rings. The molecule has 0 rings (SSSR count). The van der Waals surface area contributed by atoms with Crippen LogP contribution in [0.25, 0.3) is 0 Å². The average Bonchev–Trinajstić information content (AvgIpc) is 2.70. The highest BCUT2D eigenvalue weighted by Gasteiger charge is 2.26. The molecule has 0 saturated heterocycles. The van der Waals surface area contributed by atoms with Crippen LogP contribution in [0.15, 0.2) is 12.7 Å². The van der Waals surface area contributed by atoms with Crippen molar-refractivity contribution in [1.29, 1.82) is 0 Å². The van der Waals surface area contributed by atoms with Crippen LogP contribution >= 0.6 is 0 Å². The molecule has 0 aliphatic heterocycles. The molecule has 2 N–H and O–H groups in total. The van der Waals surface area contributed by atoms with Gasteiger partial charge in [0.05, 0.1) is 6.04 Å². The standard InChI is InChI=1S/C25H42N2O5/c1-8-9-10-11-23(30)27-20(25(32)18(6)7)12-13-24(31)26-19(14-21(28)16(2)3)15-22(29)17(4)5/h8,16-20H,1,9-15H2,2-7H3,(H,26,31)(H,27,30). The molecule has 7 nitrogen and oxygen atoms in total. The van der Waals surface area contributed by atoms with E-state index in [-0.39, 0.29) is 79.0 Å². The molecule has 1 atom stereocenters. The van der Waals surface area contributed by atoms with E-state index in [4.69, 9.17) is 0 Å². The van der Waals surface area contributed by atoms with Crippen molar-refractivity contribution in [2.45, 2.75) is 98.6 Å². The second-order valence-corrected chi connectivity index (χ2v) is 9.31. The topological polar surface area (TPSA) is 109 Å². The Morgan fingerprint density at radius 1 is 0.750 bits per heavy atom. The molecule has 0 saturated carbocycles. The van der Waals surface area contributed by atoms with E-state index in [2.05, 4.69) is 17.2 Å². The van der Waals surface area contributed by atoms with Crippen molar-refractivity contribution < 1.29 is 24.0 Å². The Labute approximate surface area is 193 Å². The highest BCUT2D eigenvalue weighted by atomic mass is 16.2. The van der Waals surface area contributed by atoms with Crippen molar-refractivity contribution in [3.05, 3.63) is 12.7 Å². The minimum Gasteiger partial charge on any atom is -0.352 e. The first-order chi connectivity index (χ1) is 14.9. The number of nitrogens with one attached hydrogen (secondary N) is 2. The summed E-state index contributed by atoms with van der Waals surface area (Å²) in [5.74, 6) is -1.40. The maximum atomic E-state index is 12.6. The van der Waals surface area contributed by atoms with E-state index in [9.17, 15) is 24.0 Å². The Morgan fingerprint density at radius 2 is 1.25 bits per heavy atom. The number of allylic oxidation sites excluding steroid dienone is 1. The number of hydrogen-bond acceptors (Lipinski definition) is 5. The second kappa shape index (κ2) is 15.5. The molecule has 32 heavy (non-hydrogen) atoms. The van der Waals surface area contributed by atoms with Crippen LogP contribution in [0.2, 0.25) is 0 Å². The van der Waals surface area contributed by atoms with Gasteiger partial charge in [-0.25, -0.2) is 0 Å². The summed E-state index contributed by atoms with van der Waals surface area (Å²) in [4.78, 5) is 61.7. The van der Waals surface area contributed by atoms with E-state index in [0.29, 0.717) is 12.8 Å². The van der Waals surface area contributed by atoms with Crippen LogP contribution in [0.3, 0.4) is 0 Å². The van der Waals surface area contributed by atoms with Crippen LogP contribution in [0.4, 0.5) is 0 Å². The normalized spacial score (nSPS) is 12.2. The van der Waals surface area contributed by atoms with Crippen molar-refractivity contribution in [3.63, 3.8) is 0 Å². The summed E-state index contributed by atoms with van der Waals surface area (Å²) in [7, 11) is 0. The number of Topliss-reactive ketones (excluding diaryl/α,β-unsaturated/α-hetero) is 3. The average molecular weight is 451 g/mol. The van der Waals surface area contributed by atoms with Crippen LogP contribution < -0.4 is 10.6 Å². The SMILES string of the molecule is C=CCCCC(=O)NC(CCC(=O)NC(CC(=O)C(C)C)CC(=O)C(C)C)C(=O)C(C)C. The molecular weight excluding hydrogens is 408 g/mol. The predicted molar refractivity (Wildman–Crippen MR) is 126 cm³/mol. The Balaban J connectivity index is 5.06. The van der Waals surface area contributed by atoms with Crippen molar-refractivity contribution in [1.82, 2.24) is 10.6 Å². The van der Waals surface area contributed by atoms with Crippen LogP contribution in [0.5, 0.6) is 0 Å². The van der Waals surface area contributed by atoms with Gasteiger partial charge in [-0.2, -0.15) is 0 Å². The quantitative estimate of drug-likeness (QED) is 0.260. The van der Waals surface area contributed by atoms with E-state index < -0.39 is 12.1 Å². The van der Waals surface area contributed by atoms with Gasteiger partial charge in [-0.15, -0.1) is 6.58 Å². The molecule has 2 amide bonds. The Kier molecular flexibility index (Phi) is 14.4. The summed E-state index contributed by atoms with van der Waals surface area (Å²) in [5.41, 5.74) is 0. The minimum absolute atomic E-state index is 0.0122. The Morgan fingerprint density at radius 3 is 1.69 bits per heavy atom. The maximum absolute atomic E-state index is 12.6. The van der Waals surface area contributed by atoms with Crippen molar-refractivity contribution >= 4 is 29.2 Å². The molecule has 0 bridgehead atoms. The van der Waals surface area contributed by atoms with Crippen LogP contribution in [-0.2, 0) is 24.0 Å². The van der Waals surface area contributed by atoms with Crippen LogP contribution in [0, 0.1) is 17.8 Å². The van der Waals surface area contributed by atoms with Crippen molar-refractivity contribution in [2.75, 3.05) is 0 Å². The largest absolute Gasteiger partial charge is 0.352 e. The first-order valence-electron chi connectivity index (χ1n) is 11.7. The molecule has 0 aliphatic carbocycles. The molecule has 0 aromatic carbocycles.